The monoisotopic (exact) mass is 308 g/mol. The Kier molecular flexibility index (Phi) is 4.54. The van der Waals surface area contributed by atoms with Crippen LogP contribution in [0.2, 0.25) is 0 Å². The number of hydrogen-bond donors (Lipinski definition) is 0. The first-order valence-electron chi connectivity index (χ1n) is 7.18. The zero-order valence-electron chi connectivity index (χ0n) is 12.7. The smallest absolute Gasteiger partial charge is 0.172 e. The Morgan fingerprint density at radius 1 is 1.09 bits per heavy atom. The fourth-order valence-electron chi connectivity index (χ4n) is 2.38. The molecule has 23 heavy (non-hydrogen) atoms. The van der Waals surface area contributed by atoms with E-state index in [9.17, 15) is 4.79 Å². The van der Waals surface area contributed by atoms with Gasteiger partial charge >= 0.3 is 0 Å². The molecule has 0 aliphatic rings. The summed E-state index contributed by atoms with van der Waals surface area (Å²) in [5.41, 5.74) is 4.18. The van der Waals surface area contributed by atoms with Crippen LogP contribution in [0.3, 0.4) is 0 Å². The number of aldehydes is 1. The Bertz CT molecular complexity index is 782. The number of nitrogens with zero attached hydrogens (tertiary/aromatic N) is 4. The molecule has 0 spiro atoms. The highest BCUT2D eigenvalue weighted by Gasteiger charge is 2.13. The summed E-state index contributed by atoms with van der Waals surface area (Å²) in [6.45, 7) is 0.278. The van der Waals surface area contributed by atoms with Gasteiger partial charge in [-0.2, -0.15) is 0 Å². The minimum absolute atomic E-state index is 0.278. The van der Waals surface area contributed by atoms with Gasteiger partial charge in [0.15, 0.2) is 12.0 Å². The van der Waals surface area contributed by atoms with E-state index in [0.717, 1.165) is 12.1 Å². The van der Waals surface area contributed by atoms with Crippen LogP contribution in [0.1, 0.15) is 27.3 Å². The predicted molar refractivity (Wildman–Crippen MR) is 84.5 cm³/mol. The topological polar surface area (TPSA) is 69.9 Å². The van der Waals surface area contributed by atoms with Gasteiger partial charge in [-0.15, -0.1) is 5.10 Å². The number of benzene rings is 1. The molecule has 0 N–H and O–H groups in total. The molecule has 0 fully saturated rings. The summed E-state index contributed by atoms with van der Waals surface area (Å²) in [5.74, 6) is 0. The van der Waals surface area contributed by atoms with Crippen LogP contribution in [0, 0.1) is 0 Å². The van der Waals surface area contributed by atoms with Crippen LogP contribution in [-0.4, -0.2) is 33.4 Å². The summed E-state index contributed by atoms with van der Waals surface area (Å²) in [5, 5.41) is 7.91. The van der Waals surface area contributed by atoms with E-state index in [0.29, 0.717) is 17.7 Å². The number of carbonyl (C=O) groups is 1. The molecule has 6 heteroatoms. The average Bonchev–Trinajstić information content (AvgIpc) is 3.00. The minimum atomic E-state index is 0.278. The highest BCUT2D eigenvalue weighted by atomic mass is 16.5. The minimum Gasteiger partial charge on any atom is -0.378 e. The zero-order valence-corrected chi connectivity index (χ0v) is 12.7. The van der Waals surface area contributed by atoms with Crippen molar-refractivity contribution in [1.82, 2.24) is 20.0 Å². The first-order valence-corrected chi connectivity index (χ1v) is 7.18. The maximum Gasteiger partial charge on any atom is 0.172 e. The van der Waals surface area contributed by atoms with E-state index in [2.05, 4.69) is 15.3 Å². The number of rotatable bonds is 6. The number of methoxy groups -OCH3 is 1. The summed E-state index contributed by atoms with van der Waals surface area (Å²) in [7, 11) is 1.57. The number of ether oxygens (including phenoxy) is 1. The lowest BCUT2D eigenvalue weighted by Gasteiger charge is -2.07. The van der Waals surface area contributed by atoms with Crippen molar-refractivity contribution in [2.75, 3.05) is 7.11 Å². The standard InChI is InChI=1S/C17H16N4O2/c1-23-12-17-16(11-22)19-20-21(17)15-4-2-13(3-5-15)10-14-6-8-18-9-7-14/h2-9,11H,10,12H2,1H3. The molecule has 0 unspecified atom stereocenters. The molecule has 0 radical (unpaired) electrons. The van der Waals surface area contributed by atoms with Crippen LogP contribution in [0.15, 0.2) is 48.8 Å². The van der Waals surface area contributed by atoms with Crippen molar-refractivity contribution in [3.05, 3.63) is 71.3 Å². The maximum absolute atomic E-state index is 11.0. The molecule has 116 valence electrons. The lowest BCUT2D eigenvalue weighted by molar-refractivity contribution is 0.111. The fourth-order valence-corrected chi connectivity index (χ4v) is 2.38. The third-order valence-corrected chi connectivity index (χ3v) is 3.52. The molecule has 0 aliphatic heterocycles. The number of hydrogen-bond acceptors (Lipinski definition) is 5. The summed E-state index contributed by atoms with van der Waals surface area (Å²) in [6, 6.07) is 12.0. The van der Waals surface area contributed by atoms with Crippen molar-refractivity contribution < 1.29 is 9.53 Å². The second-order valence-electron chi connectivity index (χ2n) is 5.08. The van der Waals surface area contributed by atoms with E-state index in [1.54, 1.807) is 24.2 Å². The van der Waals surface area contributed by atoms with Gasteiger partial charge in [-0.3, -0.25) is 9.78 Å². The van der Waals surface area contributed by atoms with E-state index in [-0.39, 0.29) is 6.61 Å². The van der Waals surface area contributed by atoms with E-state index in [4.69, 9.17) is 4.74 Å². The van der Waals surface area contributed by atoms with Crippen molar-refractivity contribution in [3.8, 4) is 5.69 Å². The van der Waals surface area contributed by atoms with E-state index in [1.807, 2.05) is 36.4 Å². The van der Waals surface area contributed by atoms with E-state index in [1.165, 1.54) is 11.1 Å². The van der Waals surface area contributed by atoms with Gasteiger partial charge in [0.25, 0.3) is 0 Å². The molecule has 2 aromatic heterocycles. The molecule has 0 amide bonds. The van der Waals surface area contributed by atoms with Gasteiger partial charge in [-0.25, -0.2) is 4.68 Å². The molecule has 0 bridgehead atoms. The molecule has 3 aromatic rings. The first-order chi connectivity index (χ1) is 11.3. The second kappa shape index (κ2) is 6.93. The molecule has 0 saturated heterocycles. The number of pyridine rings is 1. The van der Waals surface area contributed by atoms with E-state index >= 15 is 0 Å². The average molecular weight is 308 g/mol. The number of aromatic nitrogens is 4. The van der Waals surface area contributed by atoms with Gasteiger partial charge in [0.2, 0.25) is 0 Å². The highest BCUT2D eigenvalue weighted by Crippen LogP contribution is 2.16. The molecule has 0 atom stereocenters. The zero-order chi connectivity index (χ0) is 16.1. The normalized spacial score (nSPS) is 10.7. The quantitative estimate of drug-likeness (QED) is 0.653. The van der Waals surface area contributed by atoms with Crippen LogP contribution in [-0.2, 0) is 17.8 Å². The van der Waals surface area contributed by atoms with Crippen molar-refractivity contribution in [3.63, 3.8) is 0 Å². The predicted octanol–water partition coefficient (Wildman–Crippen LogP) is 2.21. The summed E-state index contributed by atoms with van der Waals surface area (Å²) in [4.78, 5) is 15.0. The van der Waals surface area contributed by atoms with Gasteiger partial charge < -0.3 is 4.74 Å². The maximum atomic E-state index is 11.0. The van der Waals surface area contributed by atoms with Crippen molar-refractivity contribution in [2.24, 2.45) is 0 Å². The second-order valence-corrected chi connectivity index (χ2v) is 5.08. The molecule has 0 saturated carbocycles. The Balaban J connectivity index is 1.85. The van der Waals surface area contributed by atoms with Crippen LogP contribution in [0.25, 0.3) is 5.69 Å². The van der Waals surface area contributed by atoms with Gasteiger partial charge in [-0.05, 0) is 41.8 Å². The SMILES string of the molecule is COCc1c(C=O)nnn1-c1ccc(Cc2ccncc2)cc1. The fraction of sp³-hybridized carbons (Fsp3) is 0.176. The van der Waals surface area contributed by atoms with Crippen LogP contribution >= 0.6 is 0 Å². The van der Waals surface area contributed by atoms with Crippen molar-refractivity contribution in [2.45, 2.75) is 13.0 Å². The van der Waals surface area contributed by atoms with Gasteiger partial charge in [0.1, 0.15) is 5.69 Å². The van der Waals surface area contributed by atoms with E-state index < -0.39 is 0 Å². The number of carbonyl (C=O) groups excluding carboxylic acids is 1. The van der Waals surface area contributed by atoms with Gasteiger partial charge in [0, 0.05) is 19.5 Å². The van der Waals surface area contributed by atoms with Crippen LogP contribution in [0.5, 0.6) is 0 Å². The Hall–Kier alpha value is -2.86. The molecule has 6 nitrogen and oxygen atoms in total. The Morgan fingerprint density at radius 3 is 2.43 bits per heavy atom. The largest absolute Gasteiger partial charge is 0.378 e. The Labute approximate surface area is 133 Å². The van der Waals surface area contributed by atoms with Gasteiger partial charge in [-0.1, -0.05) is 17.3 Å². The molecule has 3 rings (SSSR count). The molecule has 0 aliphatic carbocycles. The van der Waals surface area contributed by atoms with Gasteiger partial charge in [0.05, 0.1) is 12.3 Å². The Morgan fingerprint density at radius 2 is 1.78 bits per heavy atom. The summed E-state index contributed by atoms with van der Waals surface area (Å²) in [6.07, 6.45) is 5.11. The highest BCUT2D eigenvalue weighted by molar-refractivity contribution is 5.73. The molecule has 2 heterocycles. The summed E-state index contributed by atoms with van der Waals surface area (Å²) < 4.78 is 6.76. The third kappa shape index (κ3) is 3.32. The van der Waals surface area contributed by atoms with Crippen molar-refractivity contribution >= 4 is 6.29 Å². The van der Waals surface area contributed by atoms with Crippen LogP contribution in [0.4, 0.5) is 0 Å². The third-order valence-electron chi connectivity index (χ3n) is 3.52. The molecular weight excluding hydrogens is 292 g/mol. The molecular formula is C17H16N4O2. The lowest BCUT2D eigenvalue weighted by Crippen LogP contribution is -2.05. The first kappa shape index (κ1) is 15.1. The summed E-state index contributed by atoms with van der Waals surface area (Å²) >= 11 is 0. The van der Waals surface area contributed by atoms with Crippen molar-refractivity contribution in [1.29, 1.82) is 0 Å². The molecule has 1 aromatic carbocycles. The van der Waals surface area contributed by atoms with Crippen LogP contribution < -0.4 is 0 Å². The lowest BCUT2D eigenvalue weighted by atomic mass is 10.1.